The molecule has 1 unspecified atom stereocenters. The molecule has 0 saturated heterocycles. The summed E-state index contributed by atoms with van der Waals surface area (Å²) in [6.07, 6.45) is 0. The Morgan fingerprint density at radius 1 is 0.750 bits per heavy atom. The Morgan fingerprint density at radius 3 is 1.84 bits per heavy atom. The summed E-state index contributed by atoms with van der Waals surface area (Å²) in [5, 5.41) is 10.5. The van der Waals surface area contributed by atoms with Crippen molar-refractivity contribution in [2.75, 3.05) is 27.3 Å². The number of rotatable bonds is 12. The van der Waals surface area contributed by atoms with E-state index < -0.39 is 17.5 Å². The van der Waals surface area contributed by atoms with E-state index in [0.717, 1.165) is 38.9 Å². The third-order valence-electron chi connectivity index (χ3n) is 6.74. The molecule has 0 aromatic heterocycles. The first kappa shape index (κ1) is 34.7. The summed E-state index contributed by atoms with van der Waals surface area (Å²) < 4.78 is 34.9. The molecule has 0 heterocycles. The normalized spacial score (nSPS) is 12.5. The minimum atomic E-state index is -0.637. The number of benzene rings is 3. The van der Waals surface area contributed by atoms with E-state index in [2.05, 4.69) is 12.1 Å². The van der Waals surface area contributed by atoms with Gasteiger partial charge in [0.1, 0.15) is 17.1 Å². The molecular weight excluding hydrogens is 560 g/mol. The monoisotopic (exact) mass is 608 g/mol. The van der Waals surface area contributed by atoms with Crippen molar-refractivity contribution < 1.29 is 38.3 Å². The van der Waals surface area contributed by atoms with E-state index in [0.29, 0.717) is 17.2 Å². The van der Waals surface area contributed by atoms with Crippen LogP contribution < -0.4 is 14.2 Å². The molecule has 0 amide bonds. The highest BCUT2D eigenvalue weighted by Crippen LogP contribution is 2.46. The summed E-state index contributed by atoms with van der Waals surface area (Å²) in [5.74, 6) is 0.653. The van der Waals surface area contributed by atoms with Crippen LogP contribution in [0.15, 0.2) is 42.5 Å². The Kier molecular flexibility index (Phi) is 11.3. The molecule has 3 aromatic carbocycles. The Morgan fingerprint density at radius 2 is 1.32 bits per heavy atom. The van der Waals surface area contributed by atoms with E-state index in [1.807, 2.05) is 93.5 Å². The van der Waals surface area contributed by atoms with Gasteiger partial charge in [-0.2, -0.15) is 0 Å². The van der Waals surface area contributed by atoms with Gasteiger partial charge in [0, 0.05) is 17.0 Å². The van der Waals surface area contributed by atoms with E-state index in [9.17, 15) is 9.90 Å². The first-order valence-electron chi connectivity index (χ1n) is 14.8. The van der Waals surface area contributed by atoms with Crippen LogP contribution >= 0.6 is 0 Å². The van der Waals surface area contributed by atoms with Crippen LogP contribution in [0.4, 0.5) is 0 Å². The maximum atomic E-state index is 12.7. The lowest BCUT2D eigenvalue weighted by Gasteiger charge is -2.28. The summed E-state index contributed by atoms with van der Waals surface area (Å²) in [4.78, 5) is 12.7. The zero-order valence-corrected chi connectivity index (χ0v) is 28.0. The molecule has 0 aliphatic carbocycles. The van der Waals surface area contributed by atoms with Gasteiger partial charge in [0.15, 0.2) is 31.7 Å². The maximum absolute atomic E-state index is 12.7. The molecule has 0 fully saturated rings. The number of carbonyl (C=O) groups excluding carboxylic acids is 1. The number of aromatic hydroxyl groups is 1. The molecule has 8 nitrogen and oxygen atoms in total. The summed E-state index contributed by atoms with van der Waals surface area (Å²) in [7, 11) is 1.52. The number of esters is 1. The van der Waals surface area contributed by atoms with E-state index in [-0.39, 0.29) is 31.5 Å². The van der Waals surface area contributed by atoms with E-state index in [1.165, 1.54) is 7.11 Å². The van der Waals surface area contributed by atoms with Gasteiger partial charge < -0.3 is 33.5 Å². The lowest BCUT2D eigenvalue weighted by atomic mass is 9.79. The van der Waals surface area contributed by atoms with Crippen molar-refractivity contribution in [2.24, 2.45) is 0 Å². The predicted octanol–water partition coefficient (Wildman–Crippen LogP) is 7.66. The van der Waals surface area contributed by atoms with Crippen molar-refractivity contribution in [3.8, 4) is 23.0 Å². The van der Waals surface area contributed by atoms with Crippen LogP contribution in [-0.2, 0) is 19.0 Å². The van der Waals surface area contributed by atoms with Gasteiger partial charge in [-0.25, -0.2) is 4.79 Å². The lowest BCUT2D eigenvalue weighted by Crippen LogP contribution is -2.27. The summed E-state index contributed by atoms with van der Waals surface area (Å²) in [6, 6.07) is 13.4. The molecule has 0 aliphatic heterocycles. The molecule has 44 heavy (non-hydrogen) atoms. The van der Waals surface area contributed by atoms with Crippen LogP contribution in [0.25, 0.3) is 0 Å². The smallest absolute Gasteiger partial charge is 0.344 e. The Bertz CT molecular complexity index is 1450. The topological polar surface area (TPSA) is 92.7 Å². The van der Waals surface area contributed by atoms with Gasteiger partial charge in [-0.3, -0.25) is 0 Å². The van der Waals surface area contributed by atoms with Gasteiger partial charge in [-0.15, -0.1) is 0 Å². The zero-order valence-electron chi connectivity index (χ0n) is 28.0. The van der Waals surface area contributed by atoms with Gasteiger partial charge in [0.25, 0.3) is 0 Å². The zero-order chi connectivity index (χ0) is 32.8. The average molecular weight is 609 g/mol. The quantitative estimate of drug-likeness (QED) is 0.0970. The fraction of sp³-hybridized carbons (Fsp3) is 0.472. The highest BCUT2D eigenvalue weighted by Gasteiger charge is 2.29. The standard InChI is InChI=1S/C36H48O8/c1-22-14-24(3)32(29(16-22)41-19-31(38)44-36(8,9)10)34(26-12-13-27(37)28(18-26)39-11)33-25(4)15-23(2)17-30(33)42-20-40-21-43-35(5,6)7/h12-18,34,37H,19-21H2,1-11H3. The Labute approximate surface area is 262 Å². The second-order valence-corrected chi connectivity index (χ2v) is 13.1. The van der Waals surface area contributed by atoms with Gasteiger partial charge in [-0.1, -0.05) is 18.2 Å². The first-order valence-corrected chi connectivity index (χ1v) is 14.8. The number of phenolic OH excluding ortho intramolecular Hbond substituents is 1. The number of phenols is 1. The van der Waals surface area contributed by atoms with Gasteiger partial charge in [-0.05, 0) is 121 Å². The van der Waals surface area contributed by atoms with Crippen molar-refractivity contribution in [1.29, 1.82) is 0 Å². The number of ether oxygens (including phenoxy) is 6. The van der Waals surface area contributed by atoms with Crippen LogP contribution in [-0.4, -0.2) is 49.6 Å². The van der Waals surface area contributed by atoms with Crippen LogP contribution in [0.3, 0.4) is 0 Å². The fourth-order valence-corrected chi connectivity index (χ4v) is 5.07. The number of methoxy groups -OCH3 is 1. The number of carbonyl (C=O) groups is 1. The van der Waals surface area contributed by atoms with Gasteiger partial charge in [0.2, 0.25) is 0 Å². The third kappa shape index (κ3) is 9.63. The van der Waals surface area contributed by atoms with Crippen molar-refractivity contribution in [1.82, 2.24) is 0 Å². The first-order chi connectivity index (χ1) is 20.5. The molecule has 0 saturated carbocycles. The summed E-state index contributed by atoms with van der Waals surface area (Å²) >= 11 is 0. The molecule has 0 bridgehead atoms. The van der Waals surface area contributed by atoms with E-state index in [4.69, 9.17) is 28.4 Å². The van der Waals surface area contributed by atoms with Crippen molar-refractivity contribution >= 4 is 5.97 Å². The maximum Gasteiger partial charge on any atom is 0.344 e. The van der Waals surface area contributed by atoms with E-state index in [1.54, 1.807) is 6.07 Å². The number of hydrogen-bond acceptors (Lipinski definition) is 8. The third-order valence-corrected chi connectivity index (χ3v) is 6.74. The molecule has 1 atom stereocenters. The summed E-state index contributed by atoms with van der Waals surface area (Å²) in [6.45, 7) is 19.2. The molecule has 8 heteroatoms. The largest absolute Gasteiger partial charge is 0.504 e. The van der Waals surface area contributed by atoms with Crippen LogP contribution in [0.2, 0.25) is 0 Å². The minimum Gasteiger partial charge on any atom is -0.504 e. The van der Waals surface area contributed by atoms with Crippen molar-refractivity contribution in [2.45, 2.75) is 86.4 Å². The lowest BCUT2D eigenvalue weighted by molar-refractivity contribution is -0.157. The van der Waals surface area contributed by atoms with E-state index >= 15 is 0 Å². The number of aryl methyl sites for hydroxylation is 4. The van der Waals surface area contributed by atoms with Crippen molar-refractivity contribution in [3.63, 3.8) is 0 Å². The second-order valence-electron chi connectivity index (χ2n) is 13.1. The predicted molar refractivity (Wildman–Crippen MR) is 171 cm³/mol. The number of hydrogen-bond donors (Lipinski definition) is 1. The SMILES string of the molecule is COc1cc(C(c2c(C)cc(C)cc2OCOCOC(C)(C)C)c2c(C)cc(C)cc2OCC(=O)OC(C)(C)C)ccc1O. The molecule has 1 N–H and O–H groups in total. The van der Waals surface area contributed by atoms with Crippen LogP contribution in [0, 0.1) is 27.7 Å². The van der Waals surface area contributed by atoms with Gasteiger partial charge in [0.05, 0.1) is 12.7 Å². The minimum absolute atomic E-state index is 0.0214. The molecule has 0 radical (unpaired) electrons. The molecule has 3 aromatic rings. The van der Waals surface area contributed by atoms with Gasteiger partial charge >= 0.3 is 5.97 Å². The molecule has 0 spiro atoms. The molecule has 240 valence electrons. The molecule has 0 aliphatic rings. The highest BCUT2D eigenvalue weighted by molar-refractivity contribution is 5.72. The second kappa shape index (κ2) is 14.4. The summed E-state index contributed by atoms with van der Waals surface area (Å²) in [5.41, 5.74) is 5.55. The van der Waals surface area contributed by atoms with Crippen LogP contribution in [0.5, 0.6) is 23.0 Å². The van der Waals surface area contributed by atoms with Crippen molar-refractivity contribution in [3.05, 3.63) is 81.4 Å². The highest BCUT2D eigenvalue weighted by atomic mass is 16.7. The Balaban J connectivity index is 2.18. The molecular formula is C36H48O8. The van der Waals surface area contributed by atoms with Crippen LogP contribution in [0.1, 0.15) is 86.4 Å². The Hall–Kier alpha value is -3.75. The average Bonchev–Trinajstić information content (AvgIpc) is 2.88. The molecule has 3 rings (SSSR count). The fourth-order valence-electron chi connectivity index (χ4n) is 5.07.